The van der Waals surface area contributed by atoms with E-state index in [-0.39, 0.29) is 11.8 Å². The van der Waals surface area contributed by atoms with Gasteiger partial charge in [-0.25, -0.2) is 4.98 Å². The topological polar surface area (TPSA) is 71.1 Å². The molecule has 0 unspecified atom stereocenters. The normalized spacial score (nSPS) is 10.7. The van der Waals surface area contributed by atoms with Gasteiger partial charge in [0.25, 0.3) is 0 Å². The minimum Gasteiger partial charge on any atom is -0.351 e. The first-order valence-corrected chi connectivity index (χ1v) is 10.5. The van der Waals surface area contributed by atoms with Crippen LogP contribution in [0, 0.1) is 6.92 Å². The lowest BCUT2D eigenvalue weighted by Crippen LogP contribution is -2.24. The van der Waals surface area contributed by atoms with Gasteiger partial charge >= 0.3 is 0 Å². The molecule has 1 heterocycles. The molecule has 2 N–H and O–H groups in total. The zero-order valence-electron chi connectivity index (χ0n) is 15.2. The van der Waals surface area contributed by atoms with Crippen LogP contribution in [0.1, 0.15) is 24.5 Å². The van der Waals surface area contributed by atoms with Crippen LogP contribution < -0.4 is 10.6 Å². The van der Waals surface area contributed by atoms with E-state index in [1.165, 1.54) is 28.7 Å². The quantitative estimate of drug-likeness (QED) is 0.579. The molecule has 0 saturated heterocycles. The average Bonchev–Trinajstić information content (AvgIpc) is 3.08. The number of aryl methyl sites for hydroxylation is 1. The largest absolute Gasteiger partial charge is 0.351 e. The predicted octanol–water partition coefficient (Wildman–Crippen LogP) is 4.36. The van der Waals surface area contributed by atoms with Crippen LogP contribution in [0.15, 0.2) is 46.8 Å². The molecule has 140 valence electrons. The first-order chi connectivity index (χ1) is 13.0. The Morgan fingerprint density at radius 1 is 1.11 bits per heavy atom. The van der Waals surface area contributed by atoms with E-state index >= 15 is 0 Å². The second-order valence-electron chi connectivity index (χ2n) is 6.12. The van der Waals surface area contributed by atoms with E-state index in [4.69, 9.17) is 0 Å². The van der Waals surface area contributed by atoms with Crippen molar-refractivity contribution in [2.45, 2.75) is 31.2 Å². The third-order valence-electron chi connectivity index (χ3n) is 3.91. The molecule has 0 aliphatic heterocycles. The lowest BCUT2D eigenvalue weighted by molar-refractivity contribution is -0.118. The summed E-state index contributed by atoms with van der Waals surface area (Å²) in [5.74, 6) is 0.292. The van der Waals surface area contributed by atoms with E-state index in [0.717, 1.165) is 25.8 Å². The van der Waals surface area contributed by atoms with E-state index in [2.05, 4.69) is 15.6 Å². The molecule has 27 heavy (non-hydrogen) atoms. The monoisotopic (exact) mass is 399 g/mol. The zero-order chi connectivity index (χ0) is 19.2. The van der Waals surface area contributed by atoms with E-state index < -0.39 is 0 Å². The van der Waals surface area contributed by atoms with Crippen LogP contribution >= 0.6 is 23.1 Å². The second kappa shape index (κ2) is 9.01. The Balaban J connectivity index is 1.54. The average molecular weight is 400 g/mol. The molecule has 0 saturated carbocycles. The number of hydrogen-bond donors (Lipinski definition) is 2. The molecule has 3 aromatic rings. The summed E-state index contributed by atoms with van der Waals surface area (Å²) in [7, 11) is 0. The number of amides is 2. The maximum atomic E-state index is 12.1. The number of carbonyl (C=O) groups excluding carboxylic acids is 2. The van der Waals surface area contributed by atoms with Gasteiger partial charge in [-0.1, -0.05) is 48.5 Å². The zero-order valence-corrected chi connectivity index (χ0v) is 16.9. The fourth-order valence-corrected chi connectivity index (χ4v) is 4.31. The van der Waals surface area contributed by atoms with E-state index in [1.54, 1.807) is 0 Å². The Morgan fingerprint density at radius 2 is 1.89 bits per heavy atom. The lowest BCUT2D eigenvalue weighted by atomic mass is 10.1. The molecule has 3 rings (SSSR count). The first kappa shape index (κ1) is 19.4. The summed E-state index contributed by atoms with van der Waals surface area (Å²) in [5.41, 5.74) is 3.93. The maximum absolute atomic E-state index is 12.1. The lowest BCUT2D eigenvalue weighted by Gasteiger charge is -2.04. The van der Waals surface area contributed by atoms with Gasteiger partial charge < -0.3 is 10.6 Å². The minimum absolute atomic E-state index is 0.0151. The smallest absolute Gasteiger partial charge is 0.230 e. The van der Waals surface area contributed by atoms with E-state index in [1.807, 2.05) is 56.3 Å². The first-order valence-electron chi connectivity index (χ1n) is 8.69. The fraction of sp³-hybridized carbons (Fsp3) is 0.250. The summed E-state index contributed by atoms with van der Waals surface area (Å²) in [4.78, 5) is 28.1. The van der Waals surface area contributed by atoms with Crippen LogP contribution in [0.4, 0.5) is 5.69 Å². The standard InChI is InChI=1S/C20H21N3O2S2/c1-3-18(24)22-15-8-9-16-17(10-15)27-20(23-16)26-12-19(25)21-11-14-6-4-13(2)5-7-14/h4-10H,3,11-12H2,1-2H3,(H,21,25)(H,22,24). The molecular weight excluding hydrogens is 378 g/mol. The van der Waals surface area contributed by atoms with Crippen LogP contribution in [0.25, 0.3) is 10.2 Å². The van der Waals surface area contributed by atoms with Crippen LogP contribution in [0.3, 0.4) is 0 Å². The highest BCUT2D eigenvalue weighted by Gasteiger charge is 2.09. The number of carbonyl (C=O) groups is 2. The van der Waals surface area contributed by atoms with Gasteiger partial charge in [-0.3, -0.25) is 9.59 Å². The highest BCUT2D eigenvalue weighted by Crippen LogP contribution is 2.31. The number of rotatable bonds is 7. The minimum atomic E-state index is -0.0178. The summed E-state index contributed by atoms with van der Waals surface area (Å²) in [6.07, 6.45) is 0.444. The molecule has 2 amide bonds. The number of fused-ring (bicyclic) bond motifs is 1. The van der Waals surface area contributed by atoms with Gasteiger partial charge in [-0.15, -0.1) is 11.3 Å². The van der Waals surface area contributed by atoms with Gasteiger partial charge in [0.05, 0.1) is 16.0 Å². The molecule has 0 aliphatic rings. The Morgan fingerprint density at radius 3 is 2.63 bits per heavy atom. The Hall–Kier alpha value is -2.38. The summed E-state index contributed by atoms with van der Waals surface area (Å²) >= 11 is 2.95. The van der Waals surface area contributed by atoms with Gasteiger partial charge in [-0.2, -0.15) is 0 Å². The third-order valence-corrected chi connectivity index (χ3v) is 6.07. The molecule has 1 aromatic heterocycles. The van der Waals surface area contributed by atoms with Crippen molar-refractivity contribution in [3.05, 3.63) is 53.6 Å². The van der Waals surface area contributed by atoms with E-state index in [9.17, 15) is 9.59 Å². The number of anilines is 1. The number of benzene rings is 2. The van der Waals surface area contributed by atoms with Crippen molar-refractivity contribution in [2.24, 2.45) is 0 Å². The summed E-state index contributed by atoms with van der Waals surface area (Å²) in [5, 5.41) is 5.78. The third kappa shape index (κ3) is 5.55. The molecule has 2 aromatic carbocycles. The number of nitrogens with zero attached hydrogens (tertiary/aromatic N) is 1. The van der Waals surface area contributed by atoms with Crippen LogP contribution in [-0.2, 0) is 16.1 Å². The number of thiazole rings is 1. The molecule has 0 atom stereocenters. The van der Waals surface area contributed by atoms with Crippen molar-refractivity contribution in [1.82, 2.24) is 10.3 Å². The number of thioether (sulfide) groups is 1. The van der Waals surface area contributed by atoms with Gasteiger partial charge in [0.2, 0.25) is 11.8 Å². The van der Waals surface area contributed by atoms with Gasteiger partial charge in [0.1, 0.15) is 0 Å². The molecular formula is C20H21N3O2S2. The Kier molecular flexibility index (Phi) is 6.47. The van der Waals surface area contributed by atoms with Crippen molar-refractivity contribution < 1.29 is 9.59 Å². The van der Waals surface area contributed by atoms with Crippen molar-refractivity contribution in [2.75, 3.05) is 11.1 Å². The highest BCUT2D eigenvalue weighted by atomic mass is 32.2. The maximum Gasteiger partial charge on any atom is 0.230 e. The molecule has 0 spiro atoms. The van der Waals surface area contributed by atoms with Crippen molar-refractivity contribution >= 4 is 50.8 Å². The number of aromatic nitrogens is 1. The van der Waals surface area contributed by atoms with Gasteiger partial charge in [0.15, 0.2) is 4.34 Å². The van der Waals surface area contributed by atoms with Crippen molar-refractivity contribution in [1.29, 1.82) is 0 Å². The fourth-order valence-electron chi connectivity index (χ4n) is 2.38. The molecule has 5 nitrogen and oxygen atoms in total. The van der Waals surface area contributed by atoms with Gasteiger partial charge in [0, 0.05) is 18.7 Å². The van der Waals surface area contributed by atoms with E-state index in [0.29, 0.717) is 18.7 Å². The predicted molar refractivity (Wildman–Crippen MR) is 112 cm³/mol. The van der Waals surface area contributed by atoms with Crippen molar-refractivity contribution in [3.8, 4) is 0 Å². The summed E-state index contributed by atoms with van der Waals surface area (Å²) < 4.78 is 1.83. The second-order valence-corrected chi connectivity index (χ2v) is 8.37. The van der Waals surface area contributed by atoms with Crippen LogP contribution in [0.2, 0.25) is 0 Å². The van der Waals surface area contributed by atoms with Crippen molar-refractivity contribution in [3.63, 3.8) is 0 Å². The molecule has 0 aliphatic carbocycles. The Bertz CT molecular complexity index is 952. The van der Waals surface area contributed by atoms with Crippen LogP contribution in [-0.4, -0.2) is 22.6 Å². The number of nitrogens with one attached hydrogen (secondary N) is 2. The molecule has 0 radical (unpaired) electrons. The summed E-state index contributed by atoms with van der Waals surface area (Å²) in [6, 6.07) is 13.8. The molecule has 7 heteroatoms. The highest BCUT2D eigenvalue weighted by molar-refractivity contribution is 8.01. The van der Waals surface area contributed by atoms with Gasteiger partial charge in [-0.05, 0) is 30.7 Å². The number of hydrogen-bond acceptors (Lipinski definition) is 5. The molecule has 0 bridgehead atoms. The SMILES string of the molecule is CCC(=O)Nc1ccc2nc(SCC(=O)NCc3ccc(C)cc3)sc2c1. The summed E-state index contributed by atoms with van der Waals surface area (Å²) in [6.45, 7) is 4.39. The molecule has 0 fully saturated rings. The van der Waals surface area contributed by atoms with Crippen LogP contribution in [0.5, 0.6) is 0 Å². The Labute approximate surface area is 166 Å².